The molecule has 20 heavy (non-hydrogen) atoms. The van der Waals surface area contributed by atoms with Crippen LogP contribution in [0.1, 0.15) is 24.9 Å². The van der Waals surface area contributed by atoms with Crippen LogP contribution >= 0.6 is 0 Å². The molecule has 8 heteroatoms. The fourth-order valence-corrected chi connectivity index (χ4v) is 1.51. The second kappa shape index (κ2) is 7.07. The van der Waals surface area contributed by atoms with Gasteiger partial charge in [0.05, 0.1) is 12.5 Å². The molecule has 0 aromatic carbocycles. The zero-order chi connectivity index (χ0) is 15.1. The molecule has 0 spiro atoms. The van der Waals surface area contributed by atoms with Crippen LogP contribution in [0, 0.1) is 0 Å². The van der Waals surface area contributed by atoms with Crippen LogP contribution in [0.5, 0.6) is 0 Å². The number of nitrogens with two attached hydrogens (primary N) is 1. The summed E-state index contributed by atoms with van der Waals surface area (Å²) in [5.74, 6) is -2.13. The molecule has 0 aliphatic rings. The molecule has 1 rings (SSSR count). The second-order valence-corrected chi connectivity index (χ2v) is 4.19. The van der Waals surface area contributed by atoms with E-state index in [1.807, 2.05) is 0 Å². The van der Waals surface area contributed by atoms with Gasteiger partial charge in [0.15, 0.2) is 0 Å². The Bertz CT molecular complexity index is 491. The van der Waals surface area contributed by atoms with Crippen LogP contribution < -0.4 is 16.4 Å². The van der Waals surface area contributed by atoms with Crippen LogP contribution in [-0.2, 0) is 9.59 Å². The first-order valence-electron chi connectivity index (χ1n) is 5.88. The molecule has 0 bridgehead atoms. The van der Waals surface area contributed by atoms with E-state index in [1.165, 1.54) is 0 Å². The van der Waals surface area contributed by atoms with E-state index in [2.05, 4.69) is 15.6 Å². The quantitative estimate of drug-likeness (QED) is 0.571. The highest BCUT2D eigenvalue weighted by Crippen LogP contribution is 2.09. The van der Waals surface area contributed by atoms with E-state index in [9.17, 15) is 14.4 Å². The summed E-state index contributed by atoms with van der Waals surface area (Å²) in [6, 6.07) is 1.09. The number of pyridine rings is 1. The molecule has 8 nitrogen and oxygen atoms in total. The number of amides is 3. The molecule has 1 aromatic heterocycles. The SMILES string of the molecule is CC(NC(=O)N[C@@H](CC(N)=O)C(=O)O)c1cccnc1. The number of carbonyl (C=O) groups excluding carboxylic acids is 2. The lowest BCUT2D eigenvalue weighted by atomic mass is 10.1. The summed E-state index contributed by atoms with van der Waals surface area (Å²) in [6.45, 7) is 1.72. The lowest BCUT2D eigenvalue weighted by Gasteiger charge is -2.17. The molecule has 5 N–H and O–H groups in total. The minimum absolute atomic E-state index is 0.355. The van der Waals surface area contributed by atoms with Gasteiger partial charge in [-0.3, -0.25) is 9.78 Å². The average molecular weight is 280 g/mol. The van der Waals surface area contributed by atoms with Crippen LogP contribution in [-0.4, -0.2) is 34.0 Å². The predicted octanol–water partition coefficient (Wildman–Crippen LogP) is -0.230. The summed E-state index contributed by atoms with van der Waals surface area (Å²) in [5.41, 5.74) is 5.68. The molecule has 1 unspecified atom stereocenters. The molecule has 0 aliphatic heterocycles. The molecule has 1 heterocycles. The van der Waals surface area contributed by atoms with Gasteiger partial charge in [0.2, 0.25) is 5.91 Å². The first kappa shape index (κ1) is 15.4. The Morgan fingerprint density at radius 1 is 1.40 bits per heavy atom. The normalized spacial score (nSPS) is 13.1. The van der Waals surface area contributed by atoms with Gasteiger partial charge in [-0.25, -0.2) is 9.59 Å². The van der Waals surface area contributed by atoms with E-state index in [0.29, 0.717) is 0 Å². The summed E-state index contributed by atoms with van der Waals surface area (Å²) < 4.78 is 0. The summed E-state index contributed by atoms with van der Waals surface area (Å²) in [7, 11) is 0. The van der Waals surface area contributed by atoms with Crippen molar-refractivity contribution in [1.82, 2.24) is 15.6 Å². The largest absolute Gasteiger partial charge is 0.480 e. The van der Waals surface area contributed by atoms with Crippen molar-refractivity contribution in [1.29, 1.82) is 0 Å². The van der Waals surface area contributed by atoms with Crippen molar-refractivity contribution in [2.24, 2.45) is 5.73 Å². The Hall–Kier alpha value is -2.64. The van der Waals surface area contributed by atoms with Crippen molar-refractivity contribution < 1.29 is 19.5 Å². The number of rotatable bonds is 6. The number of urea groups is 1. The van der Waals surface area contributed by atoms with Crippen molar-refractivity contribution in [2.45, 2.75) is 25.4 Å². The molecule has 1 aromatic rings. The highest BCUT2D eigenvalue weighted by atomic mass is 16.4. The third kappa shape index (κ3) is 4.92. The number of nitrogens with one attached hydrogen (secondary N) is 2. The van der Waals surface area contributed by atoms with E-state index >= 15 is 0 Å². The van der Waals surface area contributed by atoms with Gasteiger partial charge in [0.1, 0.15) is 6.04 Å². The molecule has 0 radical (unpaired) electrons. The Balaban J connectivity index is 2.57. The van der Waals surface area contributed by atoms with Crippen LogP contribution in [0.2, 0.25) is 0 Å². The van der Waals surface area contributed by atoms with E-state index < -0.39 is 30.4 Å². The number of primary amides is 1. The van der Waals surface area contributed by atoms with Crippen LogP contribution in [0.25, 0.3) is 0 Å². The van der Waals surface area contributed by atoms with E-state index in [4.69, 9.17) is 10.8 Å². The lowest BCUT2D eigenvalue weighted by molar-refractivity contribution is -0.140. The molecule has 0 saturated carbocycles. The summed E-state index contributed by atoms with van der Waals surface area (Å²) in [4.78, 5) is 37.2. The number of carboxylic acids is 1. The Morgan fingerprint density at radius 2 is 2.10 bits per heavy atom. The Morgan fingerprint density at radius 3 is 2.60 bits per heavy atom. The maximum absolute atomic E-state index is 11.7. The minimum Gasteiger partial charge on any atom is -0.480 e. The maximum atomic E-state index is 11.7. The minimum atomic E-state index is -1.35. The monoisotopic (exact) mass is 280 g/mol. The number of hydrogen-bond donors (Lipinski definition) is 4. The van der Waals surface area contributed by atoms with E-state index in [0.717, 1.165) is 5.56 Å². The van der Waals surface area contributed by atoms with Gasteiger partial charge in [-0.2, -0.15) is 0 Å². The Labute approximate surface area is 115 Å². The first-order valence-corrected chi connectivity index (χ1v) is 5.88. The summed E-state index contributed by atoms with van der Waals surface area (Å²) in [5, 5.41) is 13.6. The van der Waals surface area contributed by atoms with Crippen LogP contribution in [0.15, 0.2) is 24.5 Å². The number of hydrogen-bond acceptors (Lipinski definition) is 4. The number of nitrogens with zero attached hydrogens (tertiary/aromatic N) is 1. The maximum Gasteiger partial charge on any atom is 0.326 e. The van der Waals surface area contributed by atoms with Gasteiger partial charge in [0.25, 0.3) is 0 Å². The standard InChI is InChI=1S/C12H16N4O4/c1-7(8-3-2-4-14-6-8)15-12(20)16-9(11(18)19)5-10(13)17/h2-4,6-7,9H,5H2,1H3,(H2,13,17)(H,18,19)(H2,15,16,20)/t7?,9-/m0/s1. The first-order chi connectivity index (χ1) is 9.40. The molecular weight excluding hydrogens is 264 g/mol. The van der Waals surface area contributed by atoms with Gasteiger partial charge >= 0.3 is 12.0 Å². The topological polar surface area (TPSA) is 134 Å². The van der Waals surface area contributed by atoms with Crippen LogP contribution in [0.4, 0.5) is 4.79 Å². The highest BCUT2D eigenvalue weighted by Gasteiger charge is 2.22. The smallest absolute Gasteiger partial charge is 0.326 e. The number of carbonyl (C=O) groups is 3. The summed E-state index contributed by atoms with van der Waals surface area (Å²) in [6.07, 6.45) is 2.72. The van der Waals surface area contributed by atoms with Crippen molar-refractivity contribution in [3.8, 4) is 0 Å². The highest BCUT2D eigenvalue weighted by molar-refractivity contribution is 5.87. The van der Waals surface area contributed by atoms with Gasteiger partial charge in [-0.05, 0) is 18.6 Å². The zero-order valence-electron chi connectivity index (χ0n) is 10.9. The average Bonchev–Trinajstić information content (AvgIpc) is 2.38. The number of aliphatic carboxylic acids is 1. The second-order valence-electron chi connectivity index (χ2n) is 4.19. The molecular formula is C12H16N4O4. The van der Waals surface area contributed by atoms with Gasteiger partial charge < -0.3 is 21.5 Å². The van der Waals surface area contributed by atoms with Crippen LogP contribution in [0.3, 0.4) is 0 Å². The van der Waals surface area contributed by atoms with Crippen molar-refractivity contribution in [2.75, 3.05) is 0 Å². The fraction of sp³-hybridized carbons (Fsp3) is 0.333. The van der Waals surface area contributed by atoms with Crippen molar-refractivity contribution >= 4 is 17.9 Å². The molecule has 3 amide bonds. The number of aromatic nitrogens is 1. The zero-order valence-corrected chi connectivity index (χ0v) is 10.9. The fourth-order valence-electron chi connectivity index (χ4n) is 1.51. The van der Waals surface area contributed by atoms with Gasteiger partial charge in [-0.15, -0.1) is 0 Å². The predicted molar refractivity (Wildman–Crippen MR) is 69.6 cm³/mol. The van der Waals surface area contributed by atoms with Crippen molar-refractivity contribution in [3.05, 3.63) is 30.1 Å². The third-order valence-corrected chi connectivity index (χ3v) is 2.54. The molecule has 0 aliphatic carbocycles. The van der Waals surface area contributed by atoms with E-state index in [1.54, 1.807) is 31.5 Å². The molecule has 108 valence electrons. The molecule has 0 fully saturated rings. The molecule has 2 atom stereocenters. The van der Waals surface area contributed by atoms with Crippen molar-refractivity contribution in [3.63, 3.8) is 0 Å². The van der Waals surface area contributed by atoms with Gasteiger partial charge in [-0.1, -0.05) is 6.07 Å². The Kier molecular flexibility index (Phi) is 5.45. The third-order valence-electron chi connectivity index (χ3n) is 2.54. The van der Waals surface area contributed by atoms with E-state index in [-0.39, 0.29) is 6.04 Å². The van der Waals surface area contributed by atoms with Gasteiger partial charge in [0, 0.05) is 12.4 Å². The summed E-state index contributed by atoms with van der Waals surface area (Å²) >= 11 is 0. The molecule has 0 saturated heterocycles. The lowest BCUT2D eigenvalue weighted by Crippen LogP contribution is -2.48. The number of carboxylic acid groups (broad SMARTS) is 1.